The number of rotatable bonds is 3. The Kier molecular flexibility index (Phi) is 5.64. The lowest BCUT2D eigenvalue weighted by Gasteiger charge is -2.22. The second kappa shape index (κ2) is 9.78. The molecule has 0 unspecified atom stereocenters. The van der Waals surface area contributed by atoms with Crippen LogP contribution < -0.4 is 0 Å². The fraction of sp³-hybridized carbons (Fsp3) is 0.0667. The molecule has 0 spiro atoms. The van der Waals surface area contributed by atoms with E-state index in [1.54, 1.807) is 0 Å². The van der Waals surface area contributed by atoms with Crippen LogP contribution in [0, 0.1) is 0 Å². The highest BCUT2D eigenvalue weighted by molar-refractivity contribution is 6.25. The second-order valence-corrected chi connectivity index (χ2v) is 12.9. The number of fused-ring (bicyclic) bond motifs is 9. The maximum Gasteiger partial charge on any atom is 0.0159 e. The van der Waals surface area contributed by atoms with Gasteiger partial charge in [-0.25, -0.2) is 0 Å². The summed E-state index contributed by atoms with van der Waals surface area (Å²) in [5, 5.41) is 7.84. The molecule has 9 rings (SSSR count). The summed E-state index contributed by atoms with van der Waals surface area (Å²) < 4.78 is 0. The van der Waals surface area contributed by atoms with Crippen molar-refractivity contribution in [2.24, 2.45) is 0 Å². The van der Waals surface area contributed by atoms with Crippen LogP contribution in [0.4, 0.5) is 0 Å². The van der Waals surface area contributed by atoms with Gasteiger partial charge in [-0.15, -0.1) is 0 Å². The zero-order chi connectivity index (χ0) is 30.1. The zero-order valence-electron chi connectivity index (χ0n) is 25.5. The van der Waals surface area contributed by atoms with E-state index in [1.807, 2.05) is 0 Å². The summed E-state index contributed by atoms with van der Waals surface area (Å²) in [6, 6.07) is 58.4. The van der Waals surface area contributed by atoms with Gasteiger partial charge < -0.3 is 0 Å². The molecular formula is C45H32. The van der Waals surface area contributed by atoms with Crippen LogP contribution in [-0.4, -0.2) is 0 Å². The topological polar surface area (TPSA) is 0 Å². The smallest absolute Gasteiger partial charge is 0.0159 e. The van der Waals surface area contributed by atoms with Crippen LogP contribution in [-0.2, 0) is 5.41 Å². The van der Waals surface area contributed by atoms with E-state index < -0.39 is 0 Å². The van der Waals surface area contributed by atoms with Gasteiger partial charge in [-0.3, -0.25) is 0 Å². The van der Waals surface area contributed by atoms with Crippen LogP contribution in [0.5, 0.6) is 0 Å². The summed E-state index contributed by atoms with van der Waals surface area (Å²) in [5.41, 5.74) is 13.0. The highest BCUT2D eigenvalue weighted by Gasteiger charge is 2.35. The second-order valence-electron chi connectivity index (χ2n) is 12.9. The molecule has 0 radical (unpaired) electrons. The third-order valence-electron chi connectivity index (χ3n) is 10.1. The lowest BCUT2D eigenvalue weighted by atomic mass is 9.81. The molecule has 0 aromatic heterocycles. The first-order valence-electron chi connectivity index (χ1n) is 15.9. The normalized spacial score (nSPS) is 13.3. The van der Waals surface area contributed by atoms with Gasteiger partial charge in [-0.05, 0) is 112 Å². The van der Waals surface area contributed by atoms with Crippen molar-refractivity contribution in [3.05, 3.63) is 169 Å². The summed E-state index contributed by atoms with van der Waals surface area (Å²) >= 11 is 0. The SMILES string of the molecule is CC1(C)c2ccccc2-c2ccc(-c3cccc(-c4cccc(-c5ccc6c7ccccc7c7ccccc7c6c5)c4)c3)cc21. The Morgan fingerprint density at radius 1 is 0.289 bits per heavy atom. The Morgan fingerprint density at radius 3 is 1.31 bits per heavy atom. The Hall–Kier alpha value is -5.46. The fourth-order valence-corrected chi connectivity index (χ4v) is 7.73. The zero-order valence-corrected chi connectivity index (χ0v) is 25.5. The van der Waals surface area contributed by atoms with Gasteiger partial charge in [0.25, 0.3) is 0 Å². The highest BCUT2D eigenvalue weighted by atomic mass is 14.4. The Bertz CT molecular complexity index is 2420. The molecule has 0 atom stereocenters. The van der Waals surface area contributed by atoms with E-state index in [2.05, 4.69) is 172 Å². The monoisotopic (exact) mass is 572 g/mol. The number of benzene rings is 8. The van der Waals surface area contributed by atoms with E-state index in [0.29, 0.717) is 0 Å². The van der Waals surface area contributed by atoms with Crippen molar-refractivity contribution < 1.29 is 0 Å². The van der Waals surface area contributed by atoms with E-state index >= 15 is 0 Å². The van der Waals surface area contributed by atoms with E-state index in [0.717, 1.165) is 0 Å². The molecule has 0 heteroatoms. The third-order valence-corrected chi connectivity index (χ3v) is 10.1. The molecule has 212 valence electrons. The molecule has 8 aromatic carbocycles. The van der Waals surface area contributed by atoms with E-state index in [-0.39, 0.29) is 5.41 Å². The van der Waals surface area contributed by atoms with Gasteiger partial charge in [0.15, 0.2) is 0 Å². The average molecular weight is 573 g/mol. The van der Waals surface area contributed by atoms with Gasteiger partial charge in [0.05, 0.1) is 0 Å². The van der Waals surface area contributed by atoms with Crippen LogP contribution in [0.2, 0.25) is 0 Å². The predicted molar refractivity (Wildman–Crippen MR) is 193 cm³/mol. The van der Waals surface area contributed by atoms with Crippen LogP contribution in [0.1, 0.15) is 25.0 Å². The number of hydrogen-bond acceptors (Lipinski definition) is 0. The molecule has 0 amide bonds. The molecule has 0 N–H and O–H groups in total. The minimum absolute atomic E-state index is 0.00858. The Labute approximate surface area is 264 Å². The summed E-state index contributed by atoms with van der Waals surface area (Å²) in [7, 11) is 0. The van der Waals surface area contributed by atoms with Crippen molar-refractivity contribution in [1.82, 2.24) is 0 Å². The highest BCUT2D eigenvalue weighted by Crippen LogP contribution is 2.49. The molecule has 0 heterocycles. The first-order valence-corrected chi connectivity index (χ1v) is 15.9. The lowest BCUT2D eigenvalue weighted by Crippen LogP contribution is -2.14. The van der Waals surface area contributed by atoms with E-state index in [4.69, 9.17) is 0 Å². The molecular weight excluding hydrogens is 540 g/mol. The van der Waals surface area contributed by atoms with E-state index in [9.17, 15) is 0 Å². The Balaban J connectivity index is 1.12. The van der Waals surface area contributed by atoms with Crippen molar-refractivity contribution in [2.45, 2.75) is 19.3 Å². The van der Waals surface area contributed by atoms with Crippen LogP contribution >= 0.6 is 0 Å². The molecule has 1 aliphatic carbocycles. The third kappa shape index (κ3) is 3.99. The molecule has 0 saturated carbocycles. The molecule has 0 fully saturated rings. The summed E-state index contributed by atoms with van der Waals surface area (Å²) in [6.45, 7) is 4.70. The maximum atomic E-state index is 2.41. The molecule has 0 nitrogen and oxygen atoms in total. The standard InChI is InChI=1S/C45H32/c1-45(2)43-20-8-7-19-40(43)41-24-22-34(28-44(41)45)32-14-10-12-30(26-32)29-11-9-13-31(25-29)33-21-23-39-37-17-4-3-15-35(37)36-16-5-6-18-38(36)42(39)27-33/h3-28H,1-2H3. The Morgan fingerprint density at radius 2 is 0.711 bits per heavy atom. The van der Waals surface area contributed by atoms with Crippen LogP contribution in [0.15, 0.2) is 158 Å². The van der Waals surface area contributed by atoms with Gasteiger partial charge in [0.2, 0.25) is 0 Å². The first kappa shape index (κ1) is 26.0. The summed E-state index contributed by atoms with van der Waals surface area (Å²) in [6.07, 6.45) is 0. The molecule has 8 aromatic rings. The predicted octanol–water partition coefficient (Wildman–Crippen LogP) is 12.5. The van der Waals surface area contributed by atoms with Gasteiger partial charge in [0.1, 0.15) is 0 Å². The fourth-order valence-electron chi connectivity index (χ4n) is 7.73. The summed E-state index contributed by atoms with van der Waals surface area (Å²) in [4.78, 5) is 0. The van der Waals surface area contributed by atoms with Crippen molar-refractivity contribution in [2.75, 3.05) is 0 Å². The molecule has 0 saturated heterocycles. The first-order chi connectivity index (χ1) is 22.1. The molecule has 0 bridgehead atoms. The van der Waals surface area contributed by atoms with Crippen LogP contribution in [0.3, 0.4) is 0 Å². The molecule has 0 aliphatic heterocycles. The lowest BCUT2D eigenvalue weighted by molar-refractivity contribution is 0.660. The van der Waals surface area contributed by atoms with Crippen molar-refractivity contribution in [3.63, 3.8) is 0 Å². The van der Waals surface area contributed by atoms with Gasteiger partial charge >= 0.3 is 0 Å². The largest absolute Gasteiger partial charge is 0.0619 e. The molecule has 1 aliphatic rings. The van der Waals surface area contributed by atoms with Crippen LogP contribution in [0.25, 0.3) is 76.8 Å². The minimum Gasteiger partial charge on any atom is -0.0619 e. The molecule has 45 heavy (non-hydrogen) atoms. The van der Waals surface area contributed by atoms with Crippen molar-refractivity contribution in [3.8, 4) is 44.5 Å². The quantitative estimate of drug-likeness (QED) is 0.185. The minimum atomic E-state index is -0.00858. The average Bonchev–Trinajstić information content (AvgIpc) is 3.34. The van der Waals surface area contributed by atoms with E-state index in [1.165, 1.54) is 88.0 Å². The number of hydrogen-bond donors (Lipinski definition) is 0. The van der Waals surface area contributed by atoms with Crippen molar-refractivity contribution >= 4 is 32.3 Å². The maximum absolute atomic E-state index is 2.41. The van der Waals surface area contributed by atoms with Crippen molar-refractivity contribution in [1.29, 1.82) is 0 Å². The van der Waals surface area contributed by atoms with Gasteiger partial charge in [0, 0.05) is 5.41 Å². The van der Waals surface area contributed by atoms with Gasteiger partial charge in [-0.2, -0.15) is 0 Å². The summed E-state index contributed by atoms with van der Waals surface area (Å²) in [5.74, 6) is 0. The van der Waals surface area contributed by atoms with Gasteiger partial charge in [-0.1, -0.05) is 147 Å².